The predicted molar refractivity (Wildman–Crippen MR) is 81.5 cm³/mol. The molecule has 114 valence electrons. The first-order valence-electron chi connectivity index (χ1n) is 7.30. The highest BCUT2D eigenvalue weighted by molar-refractivity contribution is 5.95. The van der Waals surface area contributed by atoms with Gasteiger partial charge in [0.05, 0.1) is 4.92 Å². The van der Waals surface area contributed by atoms with E-state index in [-0.39, 0.29) is 17.6 Å². The van der Waals surface area contributed by atoms with Crippen molar-refractivity contribution in [1.82, 2.24) is 5.32 Å². The highest BCUT2D eigenvalue weighted by Gasteiger charge is 2.24. The van der Waals surface area contributed by atoms with Crippen molar-refractivity contribution in [3.05, 3.63) is 33.9 Å². The van der Waals surface area contributed by atoms with Gasteiger partial charge in [0.15, 0.2) is 0 Å². The summed E-state index contributed by atoms with van der Waals surface area (Å²) in [6, 6.07) is 4.59. The van der Waals surface area contributed by atoms with E-state index < -0.39 is 4.92 Å². The Kier molecular flexibility index (Phi) is 4.77. The average Bonchev–Trinajstić information content (AvgIpc) is 3.00. The third-order valence-corrected chi connectivity index (χ3v) is 4.19. The van der Waals surface area contributed by atoms with E-state index in [0.29, 0.717) is 17.2 Å². The monoisotopic (exact) mass is 291 g/mol. The quantitative estimate of drug-likeness (QED) is 0.645. The molecule has 0 spiro atoms. The number of rotatable bonds is 5. The molecule has 0 heterocycles. The lowest BCUT2D eigenvalue weighted by Gasteiger charge is -2.20. The summed E-state index contributed by atoms with van der Waals surface area (Å²) in [5, 5.41) is 16.7. The maximum Gasteiger partial charge on any atom is 0.293 e. The standard InChI is InChI=1S/C15H21N3O3/c1-10(11-5-3-4-6-11)17-15(19)12-7-8-13(16-2)14(9-12)18(20)21/h7-11,16H,3-6H2,1-2H3,(H,17,19). The number of nitro groups is 1. The van der Waals surface area contributed by atoms with E-state index in [1.807, 2.05) is 6.92 Å². The van der Waals surface area contributed by atoms with Crippen molar-refractivity contribution < 1.29 is 9.72 Å². The van der Waals surface area contributed by atoms with E-state index in [1.54, 1.807) is 19.2 Å². The molecule has 1 unspecified atom stereocenters. The molecule has 0 saturated heterocycles. The van der Waals surface area contributed by atoms with Gasteiger partial charge in [0.2, 0.25) is 0 Å². The maximum absolute atomic E-state index is 12.2. The number of amides is 1. The molecule has 0 aromatic heterocycles. The third kappa shape index (κ3) is 3.51. The van der Waals surface area contributed by atoms with Crippen LogP contribution in [0.15, 0.2) is 18.2 Å². The van der Waals surface area contributed by atoms with Gasteiger partial charge < -0.3 is 10.6 Å². The molecule has 1 aromatic rings. The summed E-state index contributed by atoms with van der Waals surface area (Å²) in [5.74, 6) is 0.265. The van der Waals surface area contributed by atoms with Gasteiger partial charge in [-0.2, -0.15) is 0 Å². The molecule has 2 N–H and O–H groups in total. The molecule has 6 nitrogen and oxygen atoms in total. The summed E-state index contributed by atoms with van der Waals surface area (Å²) < 4.78 is 0. The lowest BCUT2D eigenvalue weighted by atomic mass is 9.99. The van der Waals surface area contributed by atoms with Gasteiger partial charge in [-0.3, -0.25) is 14.9 Å². The fraction of sp³-hybridized carbons (Fsp3) is 0.533. The molecule has 1 fully saturated rings. The Hall–Kier alpha value is -2.11. The van der Waals surface area contributed by atoms with Gasteiger partial charge in [-0.25, -0.2) is 0 Å². The number of hydrogen-bond donors (Lipinski definition) is 2. The van der Waals surface area contributed by atoms with E-state index in [0.717, 1.165) is 12.8 Å². The summed E-state index contributed by atoms with van der Waals surface area (Å²) >= 11 is 0. The molecule has 6 heteroatoms. The van der Waals surface area contributed by atoms with Crippen molar-refractivity contribution in [2.24, 2.45) is 5.92 Å². The van der Waals surface area contributed by atoms with E-state index in [4.69, 9.17) is 0 Å². The molecule has 1 amide bonds. The van der Waals surface area contributed by atoms with Gasteiger partial charge in [0.25, 0.3) is 11.6 Å². The molecular weight excluding hydrogens is 270 g/mol. The van der Waals surface area contributed by atoms with Gasteiger partial charge >= 0.3 is 0 Å². The van der Waals surface area contributed by atoms with Crippen molar-refractivity contribution in [2.75, 3.05) is 12.4 Å². The molecule has 2 rings (SSSR count). The number of carbonyl (C=O) groups is 1. The Morgan fingerprint density at radius 1 is 1.38 bits per heavy atom. The van der Waals surface area contributed by atoms with Crippen LogP contribution in [0.5, 0.6) is 0 Å². The molecule has 21 heavy (non-hydrogen) atoms. The van der Waals surface area contributed by atoms with E-state index >= 15 is 0 Å². The number of hydrogen-bond acceptors (Lipinski definition) is 4. The molecule has 0 aliphatic heterocycles. The highest BCUT2D eigenvalue weighted by Crippen LogP contribution is 2.28. The lowest BCUT2D eigenvalue weighted by molar-refractivity contribution is -0.384. The number of benzene rings is 1. The van der Waals surface area contributed by atoms with Crippen LogP contribution in [0.1, 0.15) is 43.0 Å². The second-order valence-electron chi connectivity index (χ2n) is 5.55. The van der Waals surface area contributed by atoms with Crippen molar-refractivity contribution >= 4 is 17.3 Å². The Morgan fingerprint density at radius 2 is 2.05 bits per heavy atom. The van der Waals surface area contributed by atoms with Crippen LogP contribution in [0.25, 0.3) is 0 Å². The fourth-order valence-electron chi connectivity index (χ4n) is 2.90. The van der Waals surface area contributed by atoms with Gasteiger partial charge in [0.1, 0.15) is 5.69 Å². The molecule has 0 radical (unpaired) electrons. The lowest BCUT2D eigenvalue weighted by Crippen LogP contribution is -2.37. The Morgan fingerprint density at radius 3 is 2.62 bits per heavy atom. The zero-order chi connectivity index (χ0) is 15.4. The van der Waals surface area contributed by atoms with E-state index in [9.17, 15) is 14.9 Å². The van der Waals surface area contributed by atoms with Crippen LogP contribution in [0.2, 0.25) is 0 Å². The first kappa shape index (κ1) is 15.3. The first-order chi connectivity index (χ1) is 10.0. The second-order valence-corrected chi connectivity index (χ2v) is 5.55. The number of carbonyl (C=O) groups excluding carboxylic acids is 1. The summed E-state index contributed by atoms with van der Waals surface area (Å²) in [7, 11) is 1.62. The van der Waals surface area contributed by atoms with Crippen LogP contribution in [0.4, 0.5) is 11.4 Å². The van der Waals surface area contributed by atoms with Gasteiger partial charge in [-0.05, 0) is 37.8 Å². The first-order valence-corrected chi connectivity index (χ1v) is 7.30. The topological polar surface area (TPSA) is 84.3 Å². The number of nitrogens with one attached hydrogen (secondary N) is 2. The fourth-order valence-corrected chi connectivity index (χ4v) is 2.90. The van der Waals surface area contributed by atoms with Gasteiger partial charge in [0, 0.05) is 24.7 Å². The Bertz CT molecular complexity index is 539. The predicted octanol–water partition coefficient (Wildman–Crippen LogP) is 2.95. The van der Waals surface area contributed by atoms with Crippen LogP contribution in [0, 0.1) is 16.0 Å². The smallest absolute Gasteiger partial charge is 0.293 e. The zero-order valence-corrected chi connectivity index (χ0v) is 12.4. The number of nitro benzene ring substituents is 1. The van der Waals surface area contributed by atoms with Crippen molar-refractivity contribution in [3.63, 3.8) is 0 Å². The van der Waals surface area contributed by atoms with Crippen LogP contribution < -0.4 is 10.6 Å². The second kappa shape index (κ2) is 6.56. The van der Waals surface area contributed by atoms with Crippen LogP contribution in [0.3, 0.4) is 0 Å². The molecule has 1 saturated carbocycles. The SMILES string of the molecule is CNc1ccc(C(=O)NC(C)C2CCCC2)cc1[N+](=O)[O-]. The van der Waals surface area contributed by atoms with Crippen LogP contribution >= 0.6 is 0 Å². The Balaban J connectivity index is 2.11. The minimum absolute atomic E-state index is 0.0846. The molecule has 1 aliphatic rings. The minimum atomic E-state index is -0.483. The zero-order valence-electron chi connectivity index (χ0n) is 12.4. The van der Waals surface area contributed by atoms with Crippen LogP contribution in [-0.2, 0) is 0 Å². The summed E-state index contributed by atoms with van der Waals surface area (Å²) in [4.78, 5) is 22.8. The molecular formula is C15H21N3O3. The largest absolute Gasteiger partial charge is 0.383 e. The molecule has 0 bridgehead atoms. The average molecular weight is 291 g/mol. The van der Waals surface area contributed by atoms with E-state index in [2.05, 4.69) is 10.6 Å². The maximum atomic E-state index is 12.2. The van der Waals surface area contributed by atoms with Crippen LogP contribution in [-0.4, -0.2) is 23.9 Å². The summed E-state index contributed by atoms with van der Waals surface area (Å²) in [6.45, 7) is 2.00. The van der Waals surface area contributed by atoms with Crippen molar-refractivity contribution in [2.45, 2.75) is 38.6 Å². The van der Waals surface area contributed by atoms with Gasteiger partial charge in [-0.1, -0.05) is 12.8 Å². The third-order valence-electron chi connectivity index (χ3n) is 4.19. The minimum Gasteiger partial charge on any atom is -0.383 e. The molecule has 1 aromatic carbocycles. The number of anilines is 1. The normalized spacial score (nSPS) is 16.5. The van der Waals surface area contributed by atoms with E-state index in [1.165, 1.54) is 18.9 Å². The summed E-state index contributed by atoms with van der Waals surface area (Å²) in [5.41, 5.74) is 0.643. The number of nitrogens with zero attached hydrogens (tertiary/aromatic N) is 1. The molecule has 1 atom stereocenters. The Labute approximate surface area is 124 Å². The highest BCUT2D eigenvalue weighted by atomic mass is 16.6. The summed E-state index contributed by atoms with van der Waals surface area (Å²) in [6.07, 6.45) is 4.71. The molecule has 1 aliphatic carbocycles. The van der Waals surface area contributed by atoms with Crippen molar-refractivity contribution in [1.29, 1.82) is 0 Å². The van der Waals surface area contributed by atoms with Gasteiger partial charge in [-0.15, -0.1) is 0 Å². The van der Waals surface area contributed by atoms with Crippen molar-refractivity contribution in [3.8, 4) is 0 Å².